The van der Waals surface area contributed by atoms with E-state index in [4.69, 9.17) is 0 Å². The average molecular weight is 283 g/mol. The van der Waals surface area contributed by atoms with E-state index in [0.717, 1.165) is 58.7 Å². The van der Waals surface area contributed by atoms with Gasteiger partial charge in [-0.15, -0.1) is 0 Å². The lowest BCUT2D eigenvalue weighted by Crippen LogP contribution is -2.49. The maximum Gasteiger partial charge on any atom is 0.232 e. The molecule has 0 spiro atoms. The summed E-state index contributed by atoms with van der Waals surface area (Å²) in [7, 11) is 0. The van der Waals surface area contributed by atoms with Crippen LogP contribution in [0.2, 0.25) is 0 Å². The van der Waals surface area contributed by atoms with Crippen LogP contribution in [0.1, 0.15) is 40.0 Å². The van der Waals surface area contributed by atoms with Gasteiger partial charge in [-0.1, -0.05) is 20.8 Å². The van der Waals surface area contributed by atoms with Gasteiger partial charge in [0.25, 0.3) is 0 Å². The number of likely N-dealkylation sites (N-methyl/N-ethyl adjacent to an activating group) is 1. The fourth-order valence-electron chi connectivity index (χ4n) is 2.57. The molecule has 0 radical (unpaired) electrons. The van der Waals surface area contributed by atoms with E-state index >= 15 is 0 Å². The first-order valence-corrected chi connectivity index (χ1v) is 7.90. The average Bonchev–Trinajstić information content (AvgIpc) is 2.47. The van der Waals surface area contributed by atoms with Crippen LogP contribution in [0.5, 0.6) is 0 Å². The maximum atomic E-state index is 12.2. The van der Waals surface area contributed by atoms with Crippen LogP contribution >= 0.6 is 0 Å². The Labute approximate surface area is 122 Å². The fraction of sp³-hybridized carbons (Fsp3) is 0.867. The van der Waals surface area contributed by atoms with Crippen LogP contribution in [0.15, 0.2) is 0 Å². The molecule has 0 aromatic carbocycles. The van der Waals surface area contributed by atoms with Gasteiger partial charge in [0.1, 0.15) is 6.42 Å². The number of carbonyl (C=O) groups excluding carboxylic acids is 2. The highest BCUT2D eigenvalue weighted by molar-refractivity contribution is 5.96. The molecule has 20 heavy (non-hydrogen) atoms. The van der Waals surface area contributed by atoms with Gasteiger partial charge in [-0.3, -0.25) is 9.59 Å². The molecule has 0 N–H and O–H groups in total. The van der Waals surface area contributed by atoms with E-state index in [0.29, 0.717) is 0 Å². The predicted molar refractivity (Wildman–Crippen MR) is 80.5 cm³/mol. The number of rotatable bonds is 7. The standard InChI is InChI=1S/C15H29N3O2/c1-4-7-17(8-5-2)14(19)13-15(20)18-11-9-16(6-3)10-12-18/h4-13H2,1-3H3. The summed E-state index contributed by atoms with van der Waals surface area (Å²) in [4.78, 5) is 30.3. The van der Waals surface area contributed by atoms with Crippen molar-refractivity contribution in [3.8, 4) is 0 Å². The number of piperazine rings is 1. The van der Waals surface area contributed by atoms with Gasteiger partial charge in [-0.25, -0.2) is 0 Å². The maximum absolute atomic E-state index is 12.2. The summed E-state index contributed by atoms with van der Waals surface area (Å²) in [6.07, 6.45) is 1.91. The van der Waals surface area contributed by atoms with E-state index < -0.39 is 0 Å². The summed E-state index contributed by atoms with van der Waals surface area (Å²) in [6, 6.07) is 0. The highest BCUT2D eigenvalue weighted by Crippen LogP contribution is 2.06. The van der Waals surface area contributed by atoms with E-state index in [-0.39, 0.29) is 18.2 Å². The summed E-state index contributed by atoms with van der Waals surface area (Å²) < 4.78 is 0. The molecule has 1 heterocycles. The molecule has 5 nitrogen and oxygen atoms in total. The third kappa shape index (κ3) is 5.12. The van der Waals surface area contributed by atoms with Gasteiger partial charge in [-0.05, 0) is 19.4 Å². The quantitative estimate of drug-likeness (QED) is 0.659. The molecule has 116 valence electrons. The van der Waals surface area contributed by atoms with E-state index in [1.165, 1.54) is 0 Å². The van der Waals surface area contributed by atoms with Gasteiger partial charge in [0, 0.05) is 39.3 Å². The zero-order valence-corrected chi connectivity index (χ0v) is 13.2. The first-order valence-electron chi connectivity index (χ1n) is 7.90. The number of carbonyl (C=O) groups is 2. The third-order valence-electron chi connectivity index (χ3n) is 3.81. The largest absolute Gasteiger partial charge is 0.342 e. The van der Waals surface area contributed by atoms with Gasteiger partial charge < -0.3 is 14.7 Å². The number of hydrogen-bond donors (Lipinski definition) is 0. The Hall–Kier alpha value is -1.10. The molecule has 1 fully saturated rings. The van der Waals surface area contributed by atoms with Gasteiger partial charge in [-0.2, -0.15) is 0 Å². The minimum absolute atomic E-state index is 0.0111. The minimum Gasteiger partial charge on any atom is -0.342 e. The van der Waals surface area contributed by atoms with Crippen LogP contribution in [0, 0.1) is 0 Å². The van der Waals surface area contributed by atoms with Crippen LogP contribution in [-0.4, -0.2) is 72.3 Å². The van der Waals surface area contributed by atoms with Crippen molar-refractivity contribution in [1.29, 1.82) is 0 Å². The van der Waals surface area contributed by atoms with E-state index in [9.17, 15) is 9.59 Å². The lowest BCUT2D eigenvalue weighted by molar-refractivity contribution is -0.141. The molecule has 5 heteroatoms. The van der Waals surface area contributed by atoms with Gasteiger partial charge in [0.2, 0.25) is 11.8 Å². The summed E-state index contributed by atoms with van der Waals surface area (Å²) in [6.45, 7) is 12.1. The highest BCUT2D eigenvalue weighted by Gasteiger charge is 2.23. The Morgan fingerprint density at radius 2 is 1.50 bits per heavy atom. The van der Waals surface area contributed by atoms with Crippen LogP contribution in [-0.2, 0) is 9.59 Å². The normalized spacial score (nSPS) is 16.2. The van der Waals surface area contributed by atoms with Crippen LogP contribution in [0.4, 0.5) is 0 Å². The van der Waals surface area contributed by atoms with Crippen molar-refractivity contribution in [3.63, 3.8) is 0 Å². The molecular weight excluding hydrogens is 254 g/mol. The summed E-state index contributed by atoms with van der Waals surface area (Å²) >= 11 is 0. The minimum atomic E-state index is -0.0170. The van der Waals surface area contributed by atoms with Crippen molar-refractivity contribution in [1.82, 2.24) is 14.7 Å². The molecule has 1 aliphatic heterocycles. The lowest BCUT2D eigenvalue weighted by atomic mass is 10.2. The summed E-state index contributed by atoms with van der Waals surface area (Å²) in [5, 5.41) is 0. The van der Waals surface area contributed by atoms with E-state index in [1.54, 1.807) is 0 Å². The second kappa shape index (κ2) is 8.95. The molecular formula is C15H29N3O2. The summed E-state index contributed by atoms with van der Waals surface area (Å²) in [5.74, 6) is -0.0282. The first-order chi connectivity index (χ1) is 9.62. The molecule has 1 saturated heterocycles. The van der Waals surface area contributed by atoms with E-state index in [1.807, 2.05) is 9.80 Å². The van der Waals surface area contributed by atoms with E-state index in [2.05, 4.69) is 25.7 Å². The first kappa shape index (κ1) is 17.0. The molecule has 0 saturated carbocycles. The van der Waals surface area contributed by atoms with Gasteiger partial charge in [0.15, 0.2) is 0 Å². The Morgan fingerprint density at radius 3 is 1.95 bits per heavy atom. The Balaban J connectivity index is 2.42. The van der Waals surface area contributed by atoms with Crippen LogP contribution in [0.3, 0.4) is 0 Å². The van der Waals surface area contributed by atoms with Crippen LogP contribution in [0.25, 0.3) is 0 Å². The lowest BCUT2D eigenvalue weighted by Gasteiger charge is -2.34. The Kier molecular flexibility index (Phi) is 7.59. The molecule has 0 atom stereocenters. The molecule has 0 aliphatic carbocycles. The number of nitrogens with zero attached hydrogens (tertiary/aromatic N) is 3. The molecule has 2 amide bonds. The topological polar surface area (TPSA) is 43.9 Å². The molecule has 0 aromatic rings. The van der Waals surface area contributed by atoms with Crippen molar-refractivity contribution < 1.29 is 9.59 Å². The number of amides is 2. The third-order valence-corrected chi connectivity index (χ3v) is 3.81. The van der Waals surface area contributed by atoms with Crippen LogP contribution < -0.4 is 0 Å². The van der Waals surface area contributed by atoms with Crippen molar-refractivity contribution in [2.24, 2.45) is 0 Å². The van der Waals surface area contributed by atoms with Crippen molar-refractivity contribution in [3.05, 3.63) is 0 Å². The monoisotopic (exact) mass is 283 g/mol. The van der Waals surface area contributed by atoms with Crippen molar-refractivity contribution in [2.75, 3.05) is 45.8 Å². The summed E-state index contributed by atoms with van der Waals surface area (Å²) in [5.41, 5.74) is 0. The number of hydrogen-bond acceptors (Lipinski definition) is 3. The van der Waals surface area contributed by atoms with Gasteiger partial charge >= 0.3 is 0 Å². The van der Waals surface area contributed by atoms with Crippen molar-refractivity contribution >= 4 is 11.8 Å². The molecule has 0 bridgehead atoms. The SMILES string of the molecule is CCCN(CCC)C(=O)CC(=O)N1CCN(CC)CC1. The Bertz CT molecular complexity index is 306. The molecule has 1 aliphatic rings. The molecule has 0 aromatic heterocycles. The second-order valence-corrected chi connectivity index (χ2v) is 5.37. The van der Waals surface area contributed by atoms with Gasteiger partial charge in [0.05, 0.1) is 0 Å². The molecule has 1 rings (SSSR count). The highest BCUT2D eigenvalue weighted by atomic mass is 16.2. The zero-order chi connectivity index (χ0) is 15.0. The van der Waals surface area contributed by atoms with Crippen molar-refractivity contribution in [2.45, 2.75) is 40.0 Å². The fourth-order valence-corrected chi connectivity index (χ4v) is 2.57. The zero-order valence-electron chi connectivity index (χ0n) is 13.2. The second-order valence-electron chi connectivity index (χ2n) is 5.37. The predicted octanol–water partition coefficient (Wildman–Crippen LogP) is 1.19. The Morgan fingerprint density at radius 1 is 0.950 bits per heavy atom. The molecule has 0 unspecified atom stereocenters. The smallest absolute Gasteiger partial charge is 0.232 e.